The fourth-order valence-electron chi connectivity index (χ4n) is 1.27. The van der Waals surface area contributed by atoms with Gasteiger partial charge in [-0.2, -0.15) is 0 Å². The molecule has 0 spiro atoms. The van der Waals surface area contributed by atoms with Crippen LogP contribution in [0.1, 0.15) is 12.0 Å². The summed E-state index contributed by atoms with van der Waals surface area (Å²) in [7, 11) is -3.60. The van der Waals surface area contributed by atoms with Crippen LogP contribution in [-0.4, -0.2) is 32.1 Å². The zero-order valence-corrected chi connectivity index (χ0v) is 12.0. The fraction of sp³-hybridized carbons (Fsp3) is 0.364. The molecule has 0 aliphatic carbocycles. The van der Waals surface area contributed by atoms with Crippen molar-refractivity contribution in [1.29, 1.82) is 0 Å². The molecule has 1 aromatic rings. The van der Waals surface area contributed by atoms with Crippen molar-refractivity contribution in [2.24, 2.45) is 5.73 Å². The first-order valence-corrected chi connectivity index (χ1v) is 6.86. The Morgan fingerprint density at radius 1 is 1.37 bits per heavy atom. The largest absolute Gasteiger partial charge is 0.480 e. The third-order valence-electron chi connectivity index (χ3n) is 2.40. The highest BCUT2D eigenvalue weighted by Gasteiger charge is 2.15. The molecule has 0 radical (unpaired) electrons. The zero-order chi connectivity index (χ0) is 13.8. The third-order valence-corrected chi connectivity index (χ3v) is 3.87. The molecule has 0 aromatic heterocycles. The maximum Gasteiger partial charge on any atom is 0.320 e. The summed E-state index contributed by atoms with van der Waals surface area (Å²) in [6, 6.07) is 5.31. The molecule has 0 aliphatic rings. The lowest BCUT2D eigenvalue weighted by Crippen LogP contribution is -2.35. The topological polar surface area (TPSA) is 109 Å². The van der Waals surface area contributed by atoms with Gasteiger partial charge in [-0.15, -0.1) is 12.4 Å². The van der Waals surface area contributed by atoms with Crippen LogP contribution >= 0.6 is 12.4 Å². The van der Waals surface area contributed by atoms with Gasteiger partial charge in [0.25, 0.3) is 0 Å². The minimum absolute atomic E-state index is 0. The minimum atomic E-state index is -3.60. The molecule has 0 bridgehead atoms. The van der Waals surface area contributed by atoms with Crippen molar-refractivity contribution in [3.05, 3.63) is 29.8 Å². The molecule has 6 nitrogen and oxygen atoms in total. The summed E-state index contributed by atoms with van der Waals surface area (Å²) in [5, 5.41) is 8.56. The summed E-state index contributed by atoms with van der Waals surface area (Å²) in [5.41, 5.74) is 6.23. The molecule has 0 heterocycles. The van der Waals surface area contributed by atoms with E-state index in [1.165, 1.54) is 12.1 Å². The molecular formula is C11H17ClN2O4S. The highest BCUT2D eigenvalue weighted by Crippen LogP contribution is 2.09. The van der Waals surface area contributed by atoms with E-state index in [0.29, 0.717) is 0 Å². The number of carboxylic acids is 1. The maximum absolute atomic E-state index is 11.8. The third kappa shape index (κ3) is 5.56. The number of nitrogens with two attached hydrogens (primary N) is 1. The van der Waals surface area contributed by atoms with Crippen molar-refractivity contribution in [2.75, 3.05) is 6.54 Å². The van der Waals surface area contributed by atoms with Gasteiger partial charge in [0, 0.05) is 6.54 Å². The summed E-state index contributed by atoms with van der Waals surface area (Å²) >= 11 is 0. The predicted molar refractivity (Wildman–Crippen MR) is 73.8 cm³/mol. The van der Waals surface area contributed by atoms with Crippen LogP contribution in [0.15, 0.2) is 29.2 Å². The first-order valence-electron chi connectivity index (χ1n) is 5.37. The van der Waals surface area contributed by atoms with Gasteiger partial charge in [-0.1, -0.05) is 17.7 Å². The van der Waals surface area contributed by atoms with Crippen LogP contribution in [-0.2, 0) is 14.8 Å². The van der Waals surface area contributed by atoms with Crippen molar-refractivity contribution >= 4 is 28.4 Å². The fourth-order valence-corrected chi connectivity index (χ4v) is 2.32. The van der Waals surface area contributed by atoms with Crippen LogP contribution in [0, 0.1) is 6.92 Å². The van der Waals surface area contributed by atoms with Crippen LogP contribution < -0.4 is 10.5 Å². The van der Waals surface area contributed by atoms with Gasteiger partial charge in [0.1, 0.15) is 6.04 Å². The number of carbonyl (C=O) groups is 1. The second-order valence-electron chi connectivity index (χ2n) is 3.94. The summed E-state index contributed by atoms with van der Waals surface area (Å²) < 4.78 is 25.9. The molecule has 0 fully saturated rings. The Balaban J connectivity index is 0.00000324. The second-order valence-corrected chi connectivity index (χ2v) is 5.71. The van der Waals surface area contributed by atoms with Crippen LogP contribution in [0.25, 0.3) is 0 Å². The number of benzene rings is 1. The van der Waals surface area contributed by atoms with Crippen molar-refractivity contribution in [2.45, 2.75) is 24.3 Å². The lowest BCUT2D eigenvalue weighted by atomic mass is 10.2. The Morgan fingerprint density at radius 2 is 1.89 bits per heavy atom. The molecule has 0 aliphatic heterocycles. The highest BCUT2D eigenvalue weighted by molar-refractivity contribution is 7.89. The average Bonchev–Trinajstić information content (AvgIpc) is 2.29. The number of hydrogen-bond acceptors (Lipinski definition) is 4. The Morgan fingerprint density at radius 3 is 2.37 bits per heavy atom. The maximum atomic E-state index is 11.8. The molecule has 0 saturated heterocycles. The van der Waals surface area contributed by atoms with Crippen LogP contribution in [0.5, 0.6) is 0 Å². The van der Waals surface area contributed by atoms with E-state index < -0.39 is 22.0 Å². The van der Waals surface area contributed by atoms with E-state index in [9.17, 15) is 13.2 Å². The average molecular weight is 309 g/mol. The molecule has 19 heavy (non-hydrogen) atoms. The van der Waals surface area contributed by atoms with E-state index in [1.54, 1.807) is 12.1 Å². The number of rotatable bonds is 6. The highest BCUT2D eigenvalue weighted by atomic mass is 35.5. The molecular weight excluding hydrogens is 292 g/mol. The number of nitrogens with one attached hydrogen (secondary N) is 1. The SMILES string of the molecule is Cc1ccc(S(=O)(=O)NCC[C@@H](N)C(=O)O)cc1.Cl. The van der Waals surface area contributed by atoms with Crippen LogP contribution in [0.4, 0.5) is 0 Å². The number of sulfonamides is 1. The smallest absolute Gasteiger partial charge is 0.320 e. The normalized spacial score (nSPS) is 12.5. The van der Waals surface area contributed by atoms with Crippen molar-refractivity contribution < 1.29 is 18.3 Å². The number of aliphatic carboxylic acids is 1. The quantitative estimate of drug-likeness (QED) is 0.709. The van der Waals surface area contributed by atoms with Gasteiger partial charge in [0.05, 0.1) is 4.90 Å². The molecule has 0 amide bonds. The Kier molecular flexibility index (Phi) is 6.99. The molecule has 1 atom stereocenters. The standard InChI is InChI=1S/C11H16N2O4S.ClH/c1-8-2-4-9(5-3-8)18(16,17)13-7-6-10(12)11(14)15;/h2-5,10,13H,6-7,12H2,1H3,(H,14,15);1H/t10-;/m1./s1. The molecule has 1 aromatic carbocycles. The summed E-state index contributed by atoms with van der Waals surface area (Å²) in [5.74, 6) is -1.15. The van der Waals surface area contributed by atoms with Crippen LogP contribution in [0.2, 0.25) is 0 Å². The lowest BCUT2D eigenvalue weighted by Gasteiger charge is -2.09. The number of carboxylic acid groups (broad SMARTS) is 1. The molecule has 1 rings (SSSR count). The second kappa shape index (κ2) is 7.44. The van der Waals surface area contributed by atoms with E-state index in [-0.39, 0.29) is 30.3 Å². The summed E-state index contributed by atoms with van der Waals surface area (Å²) in [4.78, 5) is 10.6. The molecule has 0 unspecified atom stereocenters. The Labute approximate surface area is 118 Å². The van der Waals surface area contributed by atoms with E-state index in [2.05, 4.69) is 4.72 Å². The van der Waals surface area contributed by atoms with E-state index in [4.69, 9.17) is 10.8 Å². The van der Waals surface area contributed by atoms with E-state index in [1.807, 2.05) is 6.92 Å². The first kappa shape index (κ1) is 17.8. The minimum Gasteiger partial charge on any atom is -0.480 e. The number of aryl methyl sites for hydroxylation is 1. The Bertz CT molecular complexity index is 516. The van der Waals surface area contributed by atoms with Gasteiger partial charge in [-0.25, -0.2) is 13.1 Å². The van der Waals surface area contributed by atoms with Gasteiger partial charge in [-0.3, -0.25) is 4.79 Å². The van der Waals surface area contributed by atoms with Gasteiger partial charge in [0.15, 0.2) is 0 Å². The molecule has 8 heteroatoms. The predicted octanol–water partition coefficient (Wildman–Crippen LogP) is 0.497. The first-order chi connectivity index (χ1) is 8.33. The molecule has 108 valence electrons. The van der Waals surface area contributed by atoms with Gasteiger partial charge < -0.3 is 10.8 Å². The van der Waals surface area contributed by atoms with Crippen molar-refractivity contribution in [1.82, 2.24) is 4.72 Å². The van der Waals surface area contributed by atoms with Crippen LogP contribution in [0.3, 0.4) is 0 Å². The monoisotopic (exact) mass is 308 g/mol. The molecule has 4 N–H and O–H groups in total. The van der Waals surface area contributed by atoms with E-state index in [0.717, 1.165) is 5.56 Å². The summed E-state index contributed by atoms with van der Waals surface area (Å²) in [6.07, 6.45) is 0.0421. The van der Waals surface area contributed by atoms with E-state index >= 15 is 0 Å². The van der Waals surface area contributed by atoms with Gasteiger partial charge in [0.2, 0.25) is 10.0 Å². The zero-order valence-electron chi connectivity index (χ0n) is 10.4. The van der Waals surface area contributed by atoms with Gasteiger partial charge in [-0.05, 0) is 25.5 Å². The van der Waals surface area contributed by atoms with Gasteiger partial charge >= 0.3 is 5.97 Å². The summed E-state index contributed by atoms with van der Waals surface area (Å²) in [6.45, 7) is 1.85. The van der Waals surface area contributed by atoms with Crippen molar-refractivity contribution in [3.8, 4) is 0 Å². The number of halogens is 1. The lowest BCUT2D eigenvalue weighted by molar-refractivity contribution is -0.138. The Hall–Kier alpha value is -1.15. The number of hydrogen-bond donors (Lipinski definition) is 3. The van der Waals surface area contributed by atoms with Crippen molar-refractivity contribution in [3.63, 3.8) is 0 Å². The molecule has 0 saturated carbocycles.